The summed E-state index contributed by atoms with van der Waals surface area (Å²) in [6.45, 7) is 0. The van der Waals surface area contributed by atoms with Crippen LogP contribution in [0.4, 0.5) is 17.1 Å². The third-order valence-electron chi connectivity index (χ3n) is 8.97. The second-order valence-electron chi connectivity index (χ2n) is 12.1. The molecule has 0 aliphatic rings. The van der Waals surface area contributed by atoms with Crippen molar-refractivity contribution in [3.63, 3.8) is 0 Å². The number of fused-ring (bicyclic) bond motifs is 3. The highest BCUT2D eigenvalue weighted by Crippen LogP contribution is 2.40. The number of hydrogen-bond donors (Lipinski definition) is 0. The van der Waals surface area contributed by atoms with Gasteiger partial charge >= 0.3 is 0 Å². The molecule has 0 aliphatic heterocycles. The number of pyridine rings is 2. The van der Waals surface area contributed by atoms with E-state index in [1.54, 1.807) is 0 Å². The largest absolute Gasteiger partial charge is 0.307 e. The first-order valence-corrected chi connectivity index (χ1v) is 17.2. The summed E-state index contributed by atoms with van der Waals surface area (Å²) < 4.78 is 4.90. The molecule has 0 unspecified atom stereocenters. The van der Waals surface area contributed by atoms with Gasteiger partial charge in [0.25, 0.3) is 0 Å². The zero-order valence-corrected chi connectivity index (χ0v) is 27.7. The first-order chi connectivity index (χ1) is 24.8. The Hall–Kier alpha value is -6.50. The van der Waals surface area contributed by atoms with Gasteiger partial charge in [0.05, 0.1) is 23.8 Å². The number of benzene rings is 6. The summed E-state index contributed by atoms with van der Waals surface area (Å²) in [5, 5.41) is 5.60. The SMILES string of the molecule is c1ccc(-c2cncc(N(c3cncc(-c4ccccc4)c3)c3cccc(-c4nc(-c5cccc6ccc7ccccc7c56)ns4)c3)c2)cc1. The van der Waals surface area contributed by atoms with Crippen molar-refractivity contribution < 1.29 is 0 Å². The van der Waals surface area contributed by atoms with Gasteiger partial charge in [0.2, 0.25) is 0 Å². The average molecular weight is 660 g/mol. The molecule has 3 aromatic heterocycles. The van der Waals surface area contributed by atoms with E-state index in [2.05, 4.69) is 120 Å². The van der Waals surface area contributed by atoms with Crippen molar-refractivity contribution in [3.8, 4) is 44.2 Å². The van der Waals surface area contributed by atoms with E-state index in [1.807, 2.05) is 61.2 Å². The molecular weight excluding hydrogens is 631 g/mol. The zero-order valence-electron chi connectivity index (χ0n) is 26.9. The van der Waals surface area contributed by atoms with Crippen LogP contribution >= 0.6 is 11.5 Å². The smallest absolute Gasteiger partial charge is 0.174 e. The molecule has 0 aliphatic carbocycles. The highest BCUT2D eigenvalue weighted by Gasteiger charge is 2.18. The molecule has 0 spiro atoms. The number of anilines is 3. The van der Waals surface area contributed by atoms with E-state index in [9.17, 15) is 0 Å². The van der Waals surface area contributed by atoms with Crippen LogP contribution in [-0.2, 0) is 0 Å². The number of hydrogen-bond acceptors (Lipinski definition) is 6. The predicted octanol–water partition coefficient (Wildman–Crippen LogP) is 11.8. The van der Waals surface area contributed by atoms with Crippen molar-refractivity contribution in [2.75, 3.05) is 4.90 Å². The Bertz CT molecular complexity index is 2530. The van der Waals surface area contributed by atoms with Gasteiger partial charge in [0, 0.05) is 45.7 Å². The van der Waals surface area contributed by atoms with Crippen molar-refractivity contribution in [2.24, 2.45) is 0 Å². The van der Waals surface area contributed by atoms with Crippen LogP contribution in [0.5, 0.6) is 0 Å². The van der Waals surface area contributed by atoms with Crippen molar-refractivity contribution in [1.82, 2.24) is 19.3 Å². The van der Waals surface area contributed by atoms with E-state index in [1.165, 1.54) is 33.1 Å². The molecule has 0 saturated heterocycles. The minimum Gasteiger partial charge on any atom is -0.307 e. The van der Waals surface area contributed by atoms with Gasteiger partial charge in [0.15, 0.2) is 5.82 Å². The van der Waals surface area contributed by atoms with Crippen LogP contribution in [0, 0.1) is 0 Å². The van der Waals surface area contributed by atoms with Crippen molar-refractivity contribution >= 4 is 50.1 Å². The van der Waals surface area contributed by atoms with Gasteiger partial charge in [-0.15, -0.1) is 0 Å². The summed E-state index contributed by atoms with van der Waals surface area (Å²) in [4.78, 5) is 16.7. The fraction of sp³-hybridized carbons (Fsp3) is 0. The molecule has 0 saturated carbocycles. The van der Waals surface area contributed by atoms with Gasteiger partial charge in [-0.05, 0) is 63.1 Å². The fourth-order valence-electron chi connectivity index (χ4n) is 6.60. The maximum atomic E-state index is 5.13. The van der Waals surface area contributed by atoms with Crippen LogP contribution in [0.25, 0.3) is 65.8 Å². The lowest BCUT2D eigenvalue weighted by atomic mass is 9.97. The van der Waals surface area contributed by atoms with Crippen LogP contribution in [0.15, 0.2) is 176 Å². The van der Waals surface area contributed by atoms with Crippen molar-refractivity contribution in [3.05, 3.63) is 176 Å². The summed E-state index contributed by atoms with van der Waals surface area (Å²) in [5.41, 5.74) is 9.12. The van der Waals surface area contributed by atoms with Crippen molar-refractivity contribution in [2.45, 2.75) is 0 Å². The Morgan fingerprint density at radius 1 is 0.440 bits per heavy atom. The van der Waals surface area contributed by atoms with Gasteiger partial charge < -0.3 is 4.90 Å². The number of rotatable bonds is 7. The molecule has 5 nitrogen and oxygen atoms in total. The van der Waals surface area contributed by atoms with E-state index in [-0.39, 0.29) is 0 Å². The maximum absolute atomic E-state index is 5.13. The molecular formula is C44H29N5S. The van der Waals surface area contributed by atoms with Gasteiger partial charge in [-0.2, -0.15) is 4.37 Å². The second kappa shape index (κ2) is 12.8. The summed E-state index contributed by atoms with van der Waals surface area (Å²) in [7, 11) is 0. The molecule has 0 amide bonds. The molecule has 0 radical (unpaired) electrons. The zero-order chi connectivity index (χ0) is 33.3. The van der Waals surface area contributed by atoms with E-state index in [0.717, 1.165) is 61.3 Å². The Morgan fingerprint density at radius 3 is 1.74 bits per heavy atom. The van der Waals surface area contributed by atoms with Gasteiger partial charge in [0.1, 0.15) is 5.01 Å². The molecule has 3 heterocycles. The van der Waals surface area contributed by atoms with E-state index < -0.39 is 0 Å². The number of aromatic nitrogens is 4. The van der Waals surface area contributed by atoms with E-state index >= 15 is 0 Å². The molecule has 0 N–H and O–H groups in total. The van der Waals surface area contributed by atoms with E-state index in [4.69, 9.17) is 19.3 Å². The standard InChI is InChI=1S/C44H29N5S/c1-3-11-30(12-4-1)35-24-38(28-45-26-35)49(39-25-36(27-46-29-39)31-13-5-2-6-14-31)37-18-9-17-34(23-37)44-47-43(48-50-44)41-20-10-16-33-22-21-32-15-7-8-19-40(32)42(33)41/h1-29H. The number of nitrogens with zero attached hydrogens (tertiary/aromatic N) is 5. The Balaban J connectivity index is 1.16. The normalized spacial score (nSPS) is 11.2. The molecule has 236 valence electrons. The molecule has 0 atom stereocenters. The summed E-state index contributed by atoms with van der Waals surface area (Å²) in [5.74, 6) is 0.730. The van der Waals surface area contributed by atoms with Gasteiger partial charge in [-0.1, -0.05) is 127 Å². The van der Waals surface area contributed by atoms with Crippen LogP contribution in [0.1, 0.15) is 0 Å². The quantitative estimate of drug-likeness (QED) is 0.159. The first kappa shape index (κ1) is 29.6. The topological polar surface area (TPSA) is 54.8 Å². The Labute approximate surface area is 294 Å². The predicted molar refractivity (Wildman–Crippen MR) is 207 cm³/mol. The summed E-state index contributed by atoms with van der Waals surface area (Å²) in [6.07, 6.45) is 7.63. The highest BCUT2D eigenvalue weighted by molar-refractivity contribution is 7.09. The van der Waals surface area contributed by atoms with Crippen molar-refractivity contribution in [1.29, 1.82) is 0 Å². The second-order valence-corrected chi connectivity index (χ2v) is 12.8. The highest BCUT2D eigenvalue weighted by atomic mass is 32.1. The third-order valence-corrected chi connectivity index (χ3v) is 9.73. The lowest BCUT2D eigenvalue weighted by Gasteiger charge is -2.26. The van der Waals surface area contributed by atoms with Crippen LogP contribution in [0.2, 0.25) is 0 Å². The molecule has 9 aromatic rings. The minimum atomic E-state index is 0.730. The Kier molecular flexibility index (Phi) is 7.61. The minimum absolute atomic E-state index is 0.730. The van der Waals surface area contributed by atoms with Gasteiger partial charge in [-0.3, -0.25) is 9.97 Å². The fourth-order valence-corrected chi connectivity index (χ4v) is 7.27. The molecule has 50 heavy (non-hydrogen) atoms. The Morgan fingerprint density at radius 2 is 1.02 bits per heavy atom. The van der Waals surface area contributed by atoms with Crippen LogP contribution in [0.3, 0.4) is 0 Å². The van der Waals surface area contributed by atoms with Gasteiger partial charge in [-0.25, -0.2) is 4.98 Å². The molecule has 0 bridgehead atoms. The van der Waals surface area contributed by atoms with Crippen LogP contribution in [-0.4, -0.2) is 19.3 Å². The van der Waals surface area contributed by atoms with Crippen LogP contribution < -0.4 is 4.90 Å². The average Bonchev–Trinajstić information content (AvgIpc) is 3.69. The maximum Gasteiger partial charge on any atom is 0.174 e. The third kappa shape index (κ3) is 5.57. The van der Waals surface area contributed by atoms with E-state index in [0.29, 0.717) is 0 Å². The lowest BCUT2D eigenvalue weighted by Crippen LogP contribution is -2.11. The molecule has 9 rings (SSSR count). The first-order valence-electron chi connectivity index (χ1n) is 16.4. The monoisotopic (exact) mass is 659 g/mol. The summed E-state index contributed by atoms with van der Waals surface area (Å²) in [6, 6.07) is 52.7. The summed E-state index contributed by atoms with van der Waals surface area (Å²) >= 11 is 1.42. The molecule has 6 heteroatoms. The molecule has 6 aromatic carbocycles. The lowest BCUT2D eigenvalue weighted by molar-refractivity contribution is 1.20. The molecule has 0 fully saturated rings.